The first-order valence-corrected chi connectivity index (χ1v) is 8.50. The number of amides is 2. The van der Waals surface area contributed by atoms with Gasteiger partial charge >= 0.3 is 5.97 Å². The number of rotatable bonds is 10. The van der Waals surface area contributed by atoms with Gasteiger partial charge in [0, 0.05) is 5.92 Å². The van der Waals surface area contributed by atoms with Crippen LogP contribution in [-0.2, 0) is 14.4 Å². The van der Waals surface area contributed by atoms with E-state index in [-0.39, 0.29) is 28.8 Å². The minimum Gasteiger partial charge on any atom is -0.477 e. The predicted molar refractivity (Wildman–Crippen MR) is 86.1 cm³/mol. The third-order valence-electron chi connectivity index (χ3n) is 3.65. The van der Waals surface area contributed by atoms with Crippen LogP contribution in [0.4, 0.5) is 0 Å². The van der Waals surface area contributed by atoms with Gasteiger partial charge in [0.15, 0.2) is 0 Å². The minimum absolute atomic E-state index is 0.0225. The molecule has 22 heavy (non-hydrogen) atoms. The summed E-state index contributed by atoms with van der Waals surface area (Å²) in [5.74, 6) is -0.638. The van der Waals surface area contributed by atoms with Crippen LogP contribution in [0.25, 0.3) is 0 Å². The first-order chi connectivity index (χ1) is 10.2. The molecule has 1 rings (SSSR count). The lowest BCUT2D eigenvalue weighted by Crippen LogP contribution is -2.29. The van der Waals surface area contributed by atoms with Gasteiger partial charge in [-0.15, -0.1) is 0 Å². The maximum Gasteiger partial charge on any atom is 0.352 e. The van der Waals surface area contributed by atoms with E-state index >= 15 is 0 Å². The van der Waals surface area contributed by atoms with Crippen molar-refractivity contribution in [3.63, 3.8) is 0 Å². The monoisotopic (exact) mass is 328 g/mol. The molecule has 1 aliphatic rings. The Morgan fingerprint density at radius 2 is 2.00 bits per heavy atom. The fraction of sp³-hybridized carbons (Fsp3) is 0.667. The summed E-state index contributed by atoms with van der Waals surface area (Å²) < 4.78 is 0. The van der Waals surface area contributed by atoms with Gasteiger partial charge in [0.2, 0.25) is 11.8 Å². The lowest BCUT2D eigenvalue weighted by molar-refractivity contribution is -0.135. The molecule has 0 aromatic rings. The zero-order chi connectivity index (χ0) is 16.8. The molecular formula is C15H24N2O4S. The van der Waals surface area contributed by atoms with Gasteiger partial charge in [0.1, 0.15) is 5.70 Å². The lowest BCUT2D eigenvalue weighted by atomic mass is 10.1. The smallest absolute Gasteiger partial charge is 0.352 e. The van der Waals surface area contributed by atoms with Crippen LogP contribution in [0.1, 0.15) is 39.5 Å². The van der Waals surface area contributed by atoms with Crippen molar-refractivity contribution in [3.05, 3.63) is 11.8 Å². The van der Waals surface area contributed by atoms with Gasteiger partial charge in [-0.3, -0.25) is 9.59 Å². The SMILES string of the molecule is CC1(C)CC1C(=O)NC(=CCCCCSCC(N)=O)C(=O)O. The summed E-state index contributed by atoms with van der Waals surface area (Å²) in [6.07, 6.45) is 4.59. The van der Waals surface area contributed by atoms with Gasteiger partial charge in [0.05, 0.1) is 5.75 Å². The predicted octanol–water partition coefficient (Wildman–Crippen LogP) is 1.51. The van der Waals surface area contributed by atoms with Crippen molar-refractivity contribution in [2.75, 3.05) is 11.5 Å². The number of aliphatic carboxylic acids is 1. The maximum atomic E-state index is 11.9. The Balaban J connectivity index is 2.29. The third-order valence-corrected chi connectivity index (χ3v) is 4.72. The summed E-state index contributed by atoms with van der Waals surface area (Å²) in [5.41, 5.74) is 4.96. The summed E-state index contributed by atoms with van der Waals surface area (Å²) in [5, 5.41) is 11.6. The molecule has 0 aromatic carbocycles. The van der Waals surface area contributed by atoms with Crippen LogP contribution in [0, 0.1) is 11.3 Å². The van der Waals surface area contributed by atoms with E-state index in [1.807, 2.05) is 13.8 Å². The standard InChI is InChI=1S/C15H24N2O4S/c1-15(2)8-10(15)13(19)17-11(14(20)21)6-4-3-5-7-22-9-12(16)18/h6,10H,3-5,7-9H2,1-2H3,(H2,16,18)(H,17,19)(H,20,21). The molecule has 1 atom stereocenters. The summed E-state index contributed by atoms with van der Waals surface area (Å²) >= 11 is 1.47. The molecular weight excluding hydrogens is 304 g/mol. The number of carboxylic acids is 1. The number of allylic oxidation sites excluding steroid dienone is 1. The number of carbonyl (C=O) groups is 3. The fourth-order valence-corrected chi connectivity index (χ4v) is 2.85. The normalized spacial score (nSPS) is 19.5. The van der Waals surface area contributed by atoms with Crippen LogP contribution in [0.5, 0.6) is 0 Å². The maximum absolute atomic E-state index is 11.9. The van der Waals surface area contributed by atoms with Crippen molar-refractivity contribution in [2.24, 2.45) is 17.1 Å². The van der Waals surface area contributed by atoms with Crippen molar-refractivity contribution < 1.29 is 19.5 Å². The number of carboxylic acid groups (broad SMARTS) is 1. The van der Waals surface area contributed by atoms with Gasteiger partial charge in [-0.1, -0.05) is 19.9 Å². The van der Waals surface area contributed by atoms with E-state index in [9.17, 15) is 14.4 Å². The molecule has 124 valence electrons. The van der Waals surface area contributed by atoms with Crippen LogP contribution < -0.4 is 11.1 Å². The Kier molecular flexibility index (Phi) is 6.93. The van der Waals surface area contributed by atoms with Crippen LogP contribution in [0.2, 0.25) is 0 Å². The molecule has 0 bridgehead atoms. The summed E-state index contributed by atoms with van der Waals surface area (Å²) in [4.78, 5) is 33.6. The highest BCUT2D eigenvalue weighted by molar-refractivity contribution is 7.99. The first kappa shape index (κ1) is 18.5. The quantitative estimate of drug-likeness (QED) is 0.416. The molecule has 6 nitrogen and oxygen atoms in total. The highest BCUT2D eigenvalue weighted by atomic mass is 32.2. The zero-order valence-corrected chi connectivity index (χ0v) is 13.9. The number of carbonyl (C=O) groups excluding carboxylic acids is 2. The van der Waals surface area contributed by atoms with Crippen molar-refractivity contribution >= 4 is 29.5 Å². The molecule has 4 N–H and O–H groups in total. The molecule has 2 amide bonds. The Morgan fingerprint density at radius 3 is 2.50 bits per heavy atom. The van der Waals surface area contributed by atoms with Gasteiger partial charge in [-0.2, -0.15) is 11.8 Å². The molecule has 0 spiro atoms. The zero-order valence-electron chi connectivity index (χ0n) is 13.1. The second-order valence-electron chi connectivity index (χ2n) is 6.17. The fourth-order valence-electron chi connectivity index (χ4n) is 2.09. The van der Waals surface area contributed by atoms with E-state index < -0.39 is 5.97 Å². The Labute approximate surface area is 134 Å². The van der Waals surface area contributed by atoms with E-state index in [0.717, 1.165) is 25.0 Å². The largest absolute Gasteiger partial charge is 0.477 e. The van der Waals surface area contributed by atoms with E-state index in [1.54, 1.807) is 6.08 Å². The topological polar surface area (TPSA) is 109 Å². The molecule has 1 aliphatic carbocycles. The molecule has 0 aliphatic heterocycles. The summed E-state index contributed by atoms with van der Waals surface area (Å²) in [6, 6.07) is 0. The average Bonchev–Trinajstić information content (AvgIpc) is 3.04. The molecule has 0 heterocycles. The third kappa shape index (κ3) is 6.51. The second kappa shape index (κ2) is 8.22. The number of nitrogens with one attached hydrogen (secondary N) is 1. The Hall–Kier alpha value is -1.50. The number of hydrogen-bond donors (Lipinski definition) is 3. The van der Waals surface area contributed by atoms with E-state index in [1.165, 1.54) is 11.8 Å². The van der Waals surface area contributed by atoms with Crippen LogP contribution in [-0.4, -0.2) is 34.4 Å². The van der Waals surface area contributed by atoms with Crippen LogP contribution >= 0.6 is 11.8 Å². The summed E-state index contributed by atoms with van der Waals surface area (Å²) in [6.45, 7) is 3.98. The number of unbranched alkanes of at least 4 members (excludes halogenated alkanes) is 2. The molecule has 1 unspecified atom stereocenters. The Morgan fingerprint density at radius 1 is 1.36 bits per heavy atom. The molecule has 0 radical (unpaired) electrons. The lowest BCUT2D eigenvalue weighted by Gasteiger charge is -2.07. The van der Waals surface area contributed by atoms with Crippen LogP contribution in [0.15, 0.2) is 11.8 Å². The van der Waals surface area contributed by atoms with Gasteiger partial charge in [-0.05, 0) is 36.9 Å². The van der Waals surface area contributed by atoms with Gasteiger partial charge in [-0.25, -0.2) is 4.79 Å². The van der Waals surface area contributed by atoms with Crippen molar-refractivity contribution in [1.29, 1.82) is 0 Å². The molecule has 0 aromatic heterocycles. The van der Waals surface area contributed by atoms with E-state index in [2.05, 4.69) is 5.32 Å². The number of hydrogen-bond acceptors (Lipinski definition) is 4. The molecule has 1 fully saturated rings. The Bertz CT molecular complexity index is 474. The van der Waals surface area contributed by atoms with E-state index in [0.29, 0.717) is 12.2 Å². The average molecular weight is 328 g/mol. The molecule has 0 saturated heterocycles. The van der Waals surface area contributed by atoms with Crippen molar-refractivity contribution in [3.8, 4) is 0 Å². The first-order valence-electron chi connectivity index (χ1n) is 7.34. The van der Waals surface area contributed by atoms with E-state index in [4.69, 9.17) is 10.8 Å². The van der Waals surface area contributed by atoms with Crippen molar-refractivity contribution in [1.82, 2.24) is 5.32 Å². The highest BCUT2D eigenvalue weighted by Gasteiger charge is 2.50. The van der Waals surface area contributed by atoms with Gasteiger partial charge in [0.25, 0.3) is 0 Å². The molecule has 1 saturated carbocycles. The number of primary amides is 1. The molecule has 7 heteroatoms. The second-order valence-corrected chi connectivity index (χ2v) is 7.28. The number of thioether (sulfide) groups is 1. The summed E-state index contributed by atoms with van der Waals surface area (Å²) in [7, 11) is 0. The van der Waals surface area contributed by atoms with Crippen molar-refractivity contribution in [2.45, 2.75) is 39.5 Å². The highest BCUT2D eigenvalue weighted by Crippen LogP contribution is 2.51. The van der Waals surface area contributed by atoms with Crippen LogP contribution in [0.3, 0.4) is 0 Å². The number of nitrogens with two attached hydrogens (primary N) is 1. The minimum atomic E-state index is -1.12. The van der Waals surface area contributed by atoms with Gasteiger partial charge < -0.3 is 16.2 Å².